The van der Waals surface area contributed by atoms with Crippen LogP contribution in [-0.4, -0.2) is 27.2 Å². The van der Waals surface area contributed by atoms with E-state index < -0.39 is 29.9 Å². The van der Waals surface area contributed by atoms with E-state index in [4.69, 9.17) is 16.7 Å². The molecule has 0 saturated heterocycles. The molecule has 1 aliphatic carbocycles. The minimum absolute atomic E-state index is 0.0968. The maximum atomic E-state index is 13.1. The molecular formula is C11H10ClF3N2O2. The molecule has 0 aromatic carbocycles. The van der Waals surface area contributed by atoms with Gasteiger partial charge in [-0.15, -0.1) is 0 Å². The predicted octanol–water partition coefficient (Wildman–Crippen LogP) is 3.03. The van der Waals surface area contributed by atoms with Crippen LogP contribution in [0.2, 0.25) is 5.02 Å². The lowest BCUT2D eigenvalue weighted by atomic mass is 9.84. The lowest BCUT2D eigenvalue weighted by molar-refractivity contribution is -0.196. The van der Waals surface area contributed by atoms with Crippen molar-refractivity contribution in [3.63, 3.8) is 0 Å². The molecule has 0 bridgehead atoms. The molecule has 0 spiro atoms. The number of hydrogen-bond acceptors (Lipinski definition) is 3. The molecule has 104 valence electrons. The predicted molar refractivity (Wildman–Crippen MR) is 59.8 cm³/mol. The van der Waals surface area contributed by atoms with E-state index in [0.717, 1.165) is 0 Å². The fourth-order valence-electron chi connectivity index (χ4n) is 2.17. The molecule has 1 aliphatic rings. The Balaban J connectivity index is 2.37. The van der Waals surface area contributed by atoms with Gasteiger partial charge in [0.05, 0.1) is 16.9 Å². The second-order valence-corrected chi connectivity index (χ2v) is 5.00. The van der Waals surface area contributed by atoms with Crippen LogP contribution in [0.4, 0.5) is 13.2 Å². The van der Waals surface area contributed by atoms with Gasteiger partial charge >= 0.3 is 12.1 Å². The summed E-state index contributed by atoms with van der Waals surface area (Å²) in [5, 5.41) is 9.00. The van der Waals surface area contributed by atoms with Crippen LogP contribution in [0.5, 0.6) is 0 Å². The van der Waals surface area contributed by atoms with Crippen molar-refractivity contribution >= 4 is 17.6 Å². The molecule has 0 aliphatic heterocycles. The zero-order chi connectivity index (χ0) is 14.3. The van der Waals surface area contributed by atoms with Gasteiger partial charge < -0.3 is 5.11 Å². The van der Waals surface area contributed by atoms with Gasteiger partial charge in [-0.3, -0.25) is 4.79 Å². The van der Waals surface area contributed by atoms with Gasteiger partial charge in [0.2, 0.25) is 0 Å². The first-order chi connectivity index (χ1) is 8.76. The second-order valence-electron chi connectivity index (χ2n) is 4.56. The van der Waals surface area contributed by atoms with E-state index in [0.29, 0.717) is 0 Å². The number of aliphatic carboxylic acids is 1. The highest BCUT2D eigenvalue weighted by molar-refractivity contribution is 6.30. The van der Waals surface area contributed by atoms with Gasteiger partial charge in [-0.05, 0) is 12.8 Å². The number of aromatic nitrogens is 2. The van der Waals surface area contributed by atoms with E-state index in [-0.39, 0.29) is 23.7 Å². The molecular weight excluding hydrogens is 285 g/mol. The number of hydrogen-bond donors (Lipinski definition) is 1. The maximum absolute atomic E-state index is 13.1. The molecule has 1 saturated carbocycles. The van der Waals surface area contributed by atoms with Crippen LogP contribution in [-0.2, 0) is 4.79 Å². The van der Waals surface area contributed by atoms with E-state index in [9.17, 15) is 18.0 Å². The third-order valence-electron chi connectivity index (χ3n) is 3.35. The molecule has 0 radical (unpaired) electrons. The Morgan fingerprint density at radius 1 is 1.42 bits per heavy atom. The Kier molecular flexibility index (Phi) is 3.42. The number of carboxylic acids is 1. The van der Waals surface area contributed by atoms with Crippen molar-refractivity contribution in [2.24, 2.45) is 5.41 Å². The molecule has 0 amide bonds. The molecule has 1 fully saturated rings. The second kappa shape index (κ2) is 4.63. The first kappa shape index (κ1) is 14.0. The van der Waals surface area contributed by atoms with Gasteiger partial charge in [0, 0.05) is 18.3 Å². The van der Waals surface area contributed by atoms with E-state index in [1.807, 2.05) is 0 Å². The average molecular weight is 295 g/mol. The van der Waals surface area contributed by atoms with Crippen LogP contribution in [0, 0.1) is 5.41 Å². The molecule has 1 aromatic rings. The molecule has 1 N–H and O–H groups in total. The fourth-order valence-corrected chi connectivity index (χ4v) is 2.27. The van der Waals surface area contributed by atoms with E-state index in [1.54, 1.807) is 0 Å². The summed E-state index contributed by atoms with van der Waals surface area (Å²) >= 11 is 5.58. The summed E-state index contributed by atoms with van der Waals surface area (Å²) in [5.74, 6) is -2.71. The molecule has 1 atom stereocenters. The zero-order valence-electron chi connectivity index (χ0n) is 9.62. The average Bonchev–Trinajstić information content (AvgIpc) is 3.07. The summed E-state index contributed by atoms with van der Waals surface area (Å²) in [7, 11) is 0. The molecule has 1 unspecified atom stereocenters. The Morgan fingerprint density at radius 2 is 1.95 bits per heavy atom. The van der Waals surface area contributed by atoms with Gasteiger partial charge in [-0.25, -0.2) is 9.97 Å². The molecule has 2 rings (SSSR count). The monoisotopic (exact) mass is 294 g/mol. The standard InChI is InChI=1S/C11H10ClF3N2O2/c12-6-4-16-9(17-5-6)7(3-8(18)19)10(1-2-10)11(13,14)15/h4-5,7H,1-3H2,(H,18,19). The zero-order valence-corrected chi connectivity index (χ0v) is 10.4. The highest BCUT2D eigenvalue weighted by Crippen LogP contribution is 2.65. The van der Waals surface area contributed by atoms with Crippen molar-refractivity contribution in [1.29, 1.82) is 0 Å². The van der Waals surface area contributed by atoms with Crippen LogP contribution in [0.15, 0.2) is 12.4 Å². The smallest absolute Gasteiger partial charge is 0.395 e. The summed E-state index contributed by atoms with van der Waals surface area (Å²) in [6.45, 7) is 0. The molecule has 4 nitrogen and oxygen atoms in total. The van der Waals surface area contributed by atoms with Gasteiger partial charge in [0.15, 0.2) is 0 Å². The quantitative estimate of drug-likeness (QED) is 0.927. The summed E-state index contributed by atoms with van der Waals surface area (Å²) < 4.78 is 39.3. The molecule has 19 heavy (non-hydrogen) atoms. The Hall–Kier alpha value is -1.37. The van der Waals surface area contributed by atoms with Crippen molar-refractivity contribution < 1.29 is 23.1 Å². The van der Waals surface area contributed by atoms with Crippen LogP contribution in [0.1, 0.15) is 31.0 Å². The normalized spacial score (nSPS) is 18.9. The molecule has 1 heterocycles. The third kappa shape index (κ3) is 2.65. The van der Waals surface area contributed by atoms with Crippen LogP contribution in [0.25, 0.3) is 0 Å². The number of carbonyl (C=O) groups is 1. The maximum Gasteiger partial charge on any atom is 0.395 e. The topological polar surface area (TPSA) is 63.1 Å². The van der Waals surface area contributed by atoms with Gasteiger partial charge in [0.25, 0.3) is 0 Å². The summed E-state index contributed by atoms with van der Waals surface area (Å²) in [6.07, 6.45) is -2.96. The van der Waals surface area contributed by atoms with Gasteiger partial charge in [-0.2, -0.15) is 13.2 Å². The highest BCUT2D eigenvalue weighted by Gasteiger charge is 2.68. The first-order valence-corrected chi connectivity index (χ1v) is 5.90. The van der Waals surface area contributed by atoms with Crippen molar-refractivity contribution in [2.75, 3.05) is 0 Å². The first-order valence-electron chi connectivity index (χ1n) is 5.52. The lowest BCUT2D eigenvalue weighted by Crippen LogP contribution is -2.33. The third-order valence-corrected chi connectivity index (χ3v) is 3.55. The largest absolute Gasteiger partial charge is 0.481 e. The number of rotatable bonds is 4. The van der Waals surface area contributed by atoms with Crippen molar-refractivity contribution in [3.05, 3.63) is 23.2 Å². The SMILES string of the molecule is O=C(O)CC(c1ncc(Cl)cn1)C1(C(F)(F)F)CC1. The lowest BCUT2D eigenvalue weighted by Gasteiger charge is -2.26. The summed E-state index contributed by atoms with van der Waals surface area (Å²) in [5.41, 5.74) is -2.01. The highest BCUT2D eigenvalue weighted by atomic mass is 35.5. The minimum Gasteiger partial charge on any atom is -0.481 e. The summed E-state index contributed by atoms with van der Waals surface area (Å²) in [4.78, 5) is 18.3. The van der Waals surface area contributed by atoms with Crippen LogP contribution in [0.3, 0.4) is 0 Å². The van der Waals surface area contributed by atoms with E-state index in [2.05, 4.69) is 9.97 Å². The Labute approximate surface area is 111 Å². The number of halogens is 4. The number of carboxylic acid groups (broad SMARTS) is 1. The van der Waals surface area contributed by atoms with E-state index in [1.165, 1.54) is 12.4 Å². The molecule has 8 heteroatoms. The van der Waals surface area contributed by atoms with Gasteiger partial charge in [-0.1, -0.05) is 11.6 Å². The van der Waals surface area contributed by atoms with Crippen molar-refractivity contribution in [3.8, 4) is 0 Å². The Morgan fingerprint density at radius 3 is 2.32 bits per heavy atom. The van der Waals surface area contributed by atoms with Crippen molar-refractivity contribution in [1.82, 2.24) is 9.97 Å². The number of nitrogens with zero attached hydrogens (tertiary/aromatic N) is 2. The van der Waals surface area contributed by atoms with Crippen molar-refractivity contribution in [2.45, 2.75) is 31.4 Å². The molecule has 1 aromatic heterocycles. The van der Waals surface area contributed by atoms with Crippen LogP contribution >= 0.6 is 11.6 Å². The van der Waals surface area contributed by atoms with E-state index >= 15 is 0 Å². The summed E-state index contributed by atoms with van der Waals surface area (Å²) in [6, 6.07) is 0. The Bertz CT molecular complexity index is 486. The van der Waals surface area contributed by atoms with Gasteiger partial charge in [0.1, 0.15) is 5.82 Å². The fraction of sp³-hybridized carbons (Fsp3) is 0.545. The number of alkyl halides is 3. The van der Waals surface area contributed by atoms with Crippen LogP contribution < -0.4 is 0 Å². The minimum atomic E-state index is -4.46.